The van der Waals surface area contributed by atoms with E-state index in [1.165, 1.54) is 39.2 Å². The van der Waals surface area contributed by atoms with Crippen LogP contribution in [0.25, 0.3) is 20.9 Å². The molecule has 1 aromatic carbocycles. The van der Waals surface area contributed by atoms with Gasteiger partial charge >= 0.3 is 133 Å². The van der Waals surface area contributed by atoms with E-state index in [0.29, 0.717) is 20.4 Å². The van der Waals surface area contributed by atoms with Gasteiger partial charge in [0.1, 0.15) is 0 Å². The van der Waals surface area contributed by atoms with E-state index < -0.39 is 0 Å². The van der Waals surface area contributed by atoms with Crippen molar-refractivity contribution in [3.8, 4) is 11.3 Å². The fraction of sp³-hybridized carbons (Fsp3) is 0.316. The maximum absolute atomic E-state index is 4.69. The fourth-order valence-corrected chi connectivity index (χ4v) is 4.53. The average Bonchev–Trinajstić information content (AvgIpc) is 2.95. The quantitative estimate of drug-likeness (QED) is 0.596. The van der Waals surface area contributed by atoms with Gasteiger partial charge in [-0.25, -0.2) is 0 Å². The Hall–Kier alpha value is -1.37. The molecule has 1 nitrogen and oxygen atoms in total. The van der Waals surface area contributed by atoms with E-state index in [4.69, 9.17) is 0 Å². The summed E-state index contributed by atoms with van der Waals surface area (Å²) >= 11 is 0.480. The Morgan fingerprint density at radius 1 is 1.10 bits per heavy atom. The first kappa shape index (κ1) is 14.6. The van der Waals surface area contributed by atoms with Crippen molar-refractivity contribution in [3.05, 3.63) is 52.6 Å². The molecule has 2 heterocycles. The van der Waals surface area contributed by atoms with Crippen molar-refractivity contribution >= 4 is 24.1 Å². The van der Waals surface area contributed by atoms with Crippen LogP contribution in [0.5, 0.6) is 0 Å². The number of fused-ring (bicyclic) bond motifs is 1. The summed E-state index contributed by atoms with van der Waals surface area (Å²) in [5.41, 5.74) is 5.15. The third-order valence-corrected chi connectivity index (χ3v) is 6.01. The van der Waals surface area contributed by atoms with Crippen LogP contribution in [-0.2, 0) is 0 Å². The van der Waals surface area contributed by atoms with Crippen molar-refractivity contribution in [2.75, 3.05) is 0 Å². The molecule has 0 atom stereocenters. The molecule has 0 aliphatic heterocycles. The van der Waals surface area contributed by atoms with Crippen molar-refractivity contribution < 1.29 is 0 Å². The summed E-state index contributed by atoms with van der Waals surface area (Å²) in [6.07, 6.45) is 4.45. The number of aryl methyl sites for hydroxylation is 1. The summed E-state index contributed by atoms with van der Waals surface area (Å²) in [5.74, 6) is 0.654. The summed E-state index contributed by atoms with van der Waals surface area (Å²) < 4.78 is 1.40. The van der Waals surface area contributed by atoms with Crippen molar-refractivity contribution in [1.82, 2.24) is 4.98 Å². The van der Waals surface area contributed by atoms with E-state index in [1.807, 2.05) is 0 Å². The van der Waals surface area contributed by atoms with E-state index in [9.17, 15) is 0 Å². The molecule has 0 fully saturated rings. The van der Waals surface area contributed by atoms with Crippen LogP contribution in [0.4, 0.5) is 0 Å². The number of nitrogens with zero attached hydrogens (tertiary/aromatic N) is 1. The van der Waals surface area contributed by atoms with Crippen LogP contribution >= 0.6 is 0 Å². The third kappa shape index (κ3) is 2.97. The molecule has 2 heteroatoms. The summed E-state index contributed by atoms with van der Waals surface area (Å²) in [6, 6.07) is 11.4. The third-order valence-electron chi connectivity index (χ3n) is 4.19. The SMILES string of the molecule is CCC(CC)c1cc(C)cc(-c2cc3cc[se]c3cn2)c1. The van der Waals surface area contributed by atoms with Crippen molar-refractivity contribution in [1.29, 1.82) is 0 Å². The normalized spacial score (nSPS) is 11.4. The number of benzene rings is 1. The number of hydrogen-bond acceptors (Lipinski definition) is 1. The van der Waals surface area contributed by atoms with Crippen LogP contribution in [0.3, 0.4) is 0 Å². The molecule has 0 saturated heterocycles. The Balaban J connectivity index is 2.08. The first-order valence-electron chi connectivity index (χ1n) is 7.66. The van der Waals surface area contributed by atoms with Crippen LogP contribution in [0.2, 0.25) is 0 Å². The molecule has 0 aliphatic carbocycles. The van der Waals surface area contributed by atoms with Crippen LogP contribution in [-0.4, -0.2) is 19.5 Å². The minimum absolute atomic E-state index is 0.480. The summed E-state index contributed by atoms with van der Waals surface area (Å²) in [7, 11) is 0. The van der Waals surface area contributed by atoms with Gasteiger partial charge < -0.3 is 0 Å². The van der Waals surface area contributed by atoms with Crippen LogP contribution in [0.1, 0.15) is 43.7 Å². The molecule has 0 radical (unpaired) electrons. The van der Waals surface area contributed by atoms with Gasteiger partial charge in [-0.2, -0.15) is 0 Å². The second-order valence-corrected chi connectivity index (χ2v) is 7.66. The molecule has 0 bridgehead atoms. The van der Waals surface area contributed by atoms with Gasteiger partial charge in [0.25, 0.3) is 0 Å². The van der Waals surface area contributed by atoms with Gasteiger partial charge in [0.05, 0.1) is 0 Å². The molecule has 21 heavy (non-hydrogen) atoms. The first-order chi connectivity index (χ1) is 10.2. The predicted molar refractivity (Wildman–Crippen MR) is 92.2 cm³/mol. The Morgan fingerprint density at radius 2 is 1.90 bits per heavy atom. The number of rotatable bonds is 4. The topological polar surface area (TPSA) is 12.9 Å². The van der Waals surface area contributed by atoms with E-state index >= 15 is 0 Å². The summed E-state index contributed by atoms with van der Waals surface area (Å²) in [5, 5.41) is 1.35. The number of hydrogen-bond donors (Lipinski definition) is 0. The standard InChI is InChI=1S/C19H21NSe/c1-4-14(5-2)16-8-13(3)9-17(10-16)18-11-15-6-7-21-19(15)12-20-18/h6-12,14H,4-5H2,1-3H3. The van der Waals surface area contributed by atoms with Gasteiger partial charge in [-0.3, -0.25) is 0 Å². The van der Waals surface area contributed by atoms with Gasteiger partial charge in [-0.05, 0) is 0 Å². The van der Waals surface area contributed by atoms with Crippen LogP contribution < -0.4 is 0 Å². The minimum atomic E-state index is 0.480. The second-order valence-electron chi connectivity index (χ2n) is 5.67. The molecule has 0 N–H and O–H groups in total. The zero-order valence-electron chi connectivity index (χ0n) is 12.9. The molecule has 0 saturated carbocycles. The van der Waals surface area contributed by atoms with Crippen molar-refractivity contribution in [3.63, 3.8) is 0 Å². The first-order valence-corrected chi connectivity index (χ1v) is 9.51. The zero-order chi connectivity index (χ0) is 14.8. The average molecular weight is 342 g/mol. The van der Waals surface area contributed by atoms with Gasteiger partial charge in [0.2, 0.25) is 0 Å². The second kappa shape index (κ2) is 6.17. The molecule has 2 aromatic heterocycles. The van der Waals surface area contributed by atoms with Crippen LogP contribution in [0.15, 0.2) is 41.5 Å². The Bertz CT molecular complexity index is 753. The molecule has 108 valence electrons. The Labute approximate surface area is 132 Å². The molecule has 0 amide bonds. The van der Waals surface area contributed by atoms with Crippen molar-refractivity contribution in [2.45, 2.75) is 39.5 Å². The summed E-state index contributed by atoms with van der Waals surface area (Å²) in [6.45, 7) is 6.74. The van der Waals surface area contributed by atoms with Crippen LogP contribution in [0, 0.1) is 6.92 Å². The predicted octanol–water partition coefficient (Wildman–Crippen LogP) is 5.17. The summed E-state index contributed by atoms with van der Waals surface area (Å²) in [4.78, 5) is 6.96. The molecule has 3 rings (SSSR count). The monoisotopic (exact) mass is 343 g/mol. The molecular formula is C19H21NSe. The van der Waals surface area contributed by atoms with E-state index in [2.05, 4.69) is 67.2 Å². The van der Waals surface area contributed by atoms with Gasteiger partial charge in [-0.1, -0.05) is 0 Å². The molecule has 0 aliphatic rings. The number of pyridine rings is 1. The Morgan fingerprint density at radius 3 is 2.67 bits per heavy atom. The number of aromatic nitrogens is 1. The van der Waals surface area contributed by atoms with Gasteiger partial charge in [0, 0.05) is 0 Å². The Kier molecular flexibility index (Phi) is 4.28. The molecular weight excluding hydrogens is 321 g/mol. The van der Waals surface area contributed by atoms with E-state index in [0.717, 1.165) is 5.69 Å². The van der Waals surface area contributed by atoms with E-state index in [-0.39, 0.29) is 0 Å². The van der Waals surface area contributed by atoms with Gasteiger partial charge in [0.15, 0.2) is 0 Å². The van der Waals surface area contributed by atoms with Crippen molar-refractivity contribution in [2.24, 2.45) is 0 Å². The van der Waals surface area contributed by atoms with E-state index in [1.54, 1.807) is 0 Å². The molecule has 3 aromatic rings. The molecule has 0 spiro atoms. The van der Waals surface area contributed by atoms with Gasteiger partial charge in [-0.15, -0.1) is 0 Å². The zero-order valence-corrected chi connectivity index (χ0v) is 14.6. The maximum atomic E-state index is 4.69. The molecule has 0 unspecified atom stereocenters. The fourth-order valence-electron chi connectivity index (χ4n) is 2.98.